The third kappa shape index (κ3) is 3.96. The van der Waals surface area contributed by atoms with Crippen molar-refractivity contribution in [3.63, 3.8) is 0 Å². The molecule has 96 valence electrons. The molecule has 2 rings (SSSR count). The first-order chi connectivity index (χ1) is 8.88. The molecule has 0 spiro atoms. The number of imidazole rings is 1. The van der Waals surface area contributed by atoms with Gasteiger partial charge >= 0.3 is 0 Å². The number of aromatic nitrogens is 3. The number of pyridine rings is 1. The van der Waals surface area contributed by atoms with E-state index < -0.39 is 0 Å². The van der Waals surface area contributed by atoms with E-state index in [0.717, 1.165) is 38.2 Å². The van der Waals surface area contributed by atoms with Crippen LogP contribution < -0.4 is 5.32 Å². The van der Waals surface area contributed by atoms with Crippen molar-refractivity contribution in [1.82, 2.24) is 19.9 Å². The van der Waals surface area contributed by atoms with E-state index in [1.54, 1.807) is 0 Å². The maximum Gasteiger partial charge on any atom is 0.0949 e. The predicted molar refractivity (Wildman–Crippen MR) is 72.4 cm³/mol. The van der Waals surface area contributed by atoms with E-state index >= 15 is 0 Å². The van der Waals surface area contributed by atoms with Gasteiger partial charge in [-0.15, -0.1) is 0 Å². The summed E-state index contributed by atoms with van der Waals surface area (Å²) >= 11 is 0. The molecule has 18 heavy (non-hydrogen) atoms. The molecule has 0 saturated heterocycles. The first-order valence-corrected chi connectivity index (χ1v) is 6.48. The quantitative estimate of drug-likeness (QED) is 0.753. The highest BCUT2D eigenvalue weighted by molar-refractivity contribution is 5.09. The largest absolute Gasteiger partial charge is 0.337 e. The summed E-state index contributed by atoms with van der Waals surface area (Å²) in [6.45, 7) is 5.10. The molecule has 0 fully saturated rings. The van der Waals surface area contributed by atoms with E-state index in [2.05, 4.69) is 45.1 Å². The zero-order valence-electron chi connectivity index (χ0n) is 10.8. The number of nitrogens with one attached hydrogen (secondary N) is 1. The number of nitrogens with zero attached hydrogens (tertiary/aromatic N) is 3. The second-order valence-corrected chi connectivity index (χ2v) is 4.31. The summed E-state index contributed by atoms with van der Waals surface area (Å²) in [5, 5.41) is 3.31. The average Bonchev–Trinajstić information content (AvgIpc) is 2.86. The van der Waals surface area contributed by atoms with Gasteiger partial charge in [-0.05, 0) is 30.7 Å². The summed E-state index contributed by atoms with van der Waals surface area (Å²) in [7, 11) is 0. The van der Waals surface area contributed by atoms with Crippen LogP contribution in [0.4, 0.5) is 0 Å². The molecule has 1 N–H and O–H groups in total. The summed E-state index contributed by atoms with van der Waals surface area (Å²) in [5.74, 6) is 0. The van der Waals surface area contributed by atoms with E-state index in [9.17, 15) is 0 Å². The number of hydrogen-bond donors (Lipinski definition) is 1. The molecule has 2 heterocycles. The maximum atomic E-state index is 4.41. The third-order valence-electron chi connectivity index (χ3n) is 2.90. The van der Waals surface area contributed by atoms with E-state index in [1.165, 1.54) is 5.56 Å². The molecule has 0 atom stereocenters. The van der Waals surface area contributed by atoms with Crippen LogP contribution in [-0.2, 0) is 19.4 Å². The molecule has 0 unspecified atom stereocenters. The topological polar surface area (TPSA) is 42.7 Å². The van der Waals surface area contributed by atoms with Gasteiger partial charge in [0.25, 0.3) is 0 Å². The van der Waals surface area contributed by atoms with Gasteiger partial charge in [-0.1, -0.05) is 6.92 Å². The Morgan fingerprint density at radius 2 is 2.06 bits per heavy atom. The summed E-state index contributed by atoms with van der Waals surface area (Å²) in [4.78, 5) is 8.43. The lowest BCUT2D eigenvalue weighted by Crippen LogP contribution is -2.16. The molecule has 0 amide bonds. The monoisotopic (exact) mass is 244 g/mol. The minimum Gasteiger partial charge on any atom is -0.337 e. The van der Waals surface area contributed by atoms with Crippen LogP contribution >= 0.6 is 0 Å². The predicted octanol–water partition coefficient (Wildman–Crippen LogP) is 1.67. The molecule has 0 aliphatic rings. The molecular weight excluding hydrogens is 224 g/mol. The molecule has 4 nitrogen and oxygen atoms in total. The minimum absolute atomic E-state index is 0.970. The van der Waals surface area contributed by atoms with Crippen molar-refractivity contribution in [1.29, 1.82) is 0 Å². The Balaban J connectivity index is 1.80. The van der Waals surface area contributed by atoms with E-state index in [4.69, 9.17) is 0 Å². The van der Waals surface area contributed by atoms with Crippen LogP contribution in [0.3, 0.4) is 0 Å². The van der Waals surface area contributed by atoms with Crippen molar-refractivity contribution < 1.29 is 0 Å². The molecule has 0 radical (unpaired) electrons. The van der Waals surface area contributed by atoms with Crippen LogP contribution in [0.15, 0.2) is 37.1 Å². The lowest BCUT2D eigenvalue weighted by molar-refractivity contribution is 0.690. The SMILES string of the molecule is CCNCCc1cn(CCc2ccncc2)cn1. The van der Waals surface area contributed by atoms with E-state index in [1.807, 2.05) is 18.7 Å². The maximum absolute atomic E-state index is 4.41. The summed E-state index contributed by atoms with van der Waals surface area (Å²) < 4.78 is 2.15. The van der Waals surface area contributed by atoms with Gasteiger partial charge in [0.1, 0.15) is 0 Å². The molecule has 2 aromatic rings. The van der Waals surface area contributed by atoms with Crippen LogP contribution in [0.5, 0.6) is 0 Å². The van der Waals surface area contributed by atoms with Crippen molar-refractivity contribution in [3.05, 3.63) is 48.3 Å². The van der Waals surface area contributed by atoms with Crippen LogP contribution in [0.25, 0.3) is 0 Å². The lowest BCUT2D eigenvalue weighted by Gasteiger charge is -2.02. The molecule has 0 bridgehead atoms. The second-order valence-electron chi connectivity index (χ2n) is 4.31. The second kappa shape index (κ2) is 6.91. The van der Waals surface area contributed by atoms with Gasteiger partial charge < -0.3 is 9.88 Å². The molecule has 0 aliphatic heterocycles. The molecule has 4 heteroatoms. The number of aryl methyl sites for hydroxylation is 2. The molecule has 0 aromatic carbocycles. The average molecular weight is 244 g/mol. The number of hydrogen-bond acceptors (Lipinski definition) is 3. The van der Waals surface area contributed by atoms with Gasteiger partial charge in [-0.25, -0.2) is 4.98 Å². The van der Waals surface area contributed by atoms with Gasteiger partial charge in [-0.2, -0.15) is 0 Å². The normalized spacial score (nSPS) is 10.7. The lowest BCUT2D eigenvalue weighted by atomic mass is 10.2. The standard InChI is InChI=1S/C14H20N4/c1-2-15-9-5-14-11-18(12-17-14)10-6-13-3-7-16-8-4-13/h3-4,7-8,11-12,15H,2,5-6,9-10H2,1H3. The van der Waals surface area contributed by atoms with Gasteiger partial charge in [-0.3, -0.25) is 4.98 Å². The molecule has 0 saturated carbocycles. The van der Waals surface area contributed by atoms with Crippen LogP contribution in [0, 0.1) is 0 Å². The Morgan fingerprint density at radius 1 is 1.22 bits per heavy atom. The van der Waals surface area contributed by atoms with Gasteiger partial charge in [0.2, 0.25) is 0 Å². The fourth-order valence-corrected chi connectivity index (χ4v) is 1.86. The van der Waals surface area contributed by atoms with E-state index in [-0.39, 0.29) is 0 Å². The highest BCUT2D eigenvalue weighted by Gasteiger charge is 1.99. The van der Waals surface area contributed by atoms with Crippen molar-refractivity contribution in [3.8, 4) is 0 Å². The van der Waals surface area contributed by atoms with Crippen LogP contribution in [0.2, 0.25) is 0 Å². The molecular formula is C14H20N4. The van der Waals surface area contributed by atoms with Gasteiger partial charge in [0, 0.05) is 38.1 Å². The minimum atomic E-state index is 0.970. The van der Waals surface area contributed by atoms with Crippen molar-refractivity contribution in [2.45, 2.75) is 26.3 Å². The third-order valence-corrected chi connectivity index (χ3v) is 2.90. The highest BCUT2D eigenvalue weighted by atomic mass is 15.0. The number of likely N-dealkylation sites (N-methyl/N-ethyl adjacent to an activating group) is 1. The highest BCUT2D eigenvalue weighted by Crippen LogP contribution is 2.02. The first-order valence-electron chi connectivity index (χ1n) is 6.48. The fraction of sp³-hybridized carbons (Fsp3) is 0.429. The summed E-state index contributed by atoms with van der Waals surface area (Å²) in [6, 6.07) is 4.12. The first kappa shape index (κ1) is 12.8. The van der Waals surface area contributed by atoms with Crippen LogP contribution in [-0.4, -0.2) is 27.6 Å². The summed E-state index contributed by atoms with van der Waals surface area (Å²) in [5.41, 5.74) is 2.47. The van der Waals surface area contributed by atoms with Gasteiger partial charge in [0.15, 0.2) is 0 Å². The smallest absolute Gasteiger partial charge is 0.0949 e. The Morgan fingerprint density at radius 3 is 2.83 bits per heavy atom. The van der Waals surface area contributed by atoms with Crippen LogP contribution in [0.1, 0.15) is 18.2 Å². The zero-order chi connectivity index (χ0) is 12.6. The van der Waals surface area contributed by atoms with Gasteiger partial charge in [0.05, 0.1) is 12.0 Å². The summed E-state index contributed by atoms with van der Waals surface area (Å²) in [6.07, 6.45) is 9.75. The Hall–Kier alpha value is -1.68. The van der Waals surface area contributed by atoms with Crippen molar-refractivity contribution in [2.24, 2.45) is 0 Å². The Bertz CT molecular complexity index is 450. The fourth-order valence-electron chi connectivity index (χ4n) is 1.86. The number of rotatable bonds is 7. The Labute approximate surface area is 108 Å². The van der Waals surface area contributed by atoms with E-state index in [0.29, 0.717) is 0 Å². The molecule has 2 aromatic heterocycles. The van der Waals surface area contributed by atoms with Crippen molar-refractivity contribution in [2.75, 3.05) is 13.1 Å². The molecule has 0 aliphatic carbocycles. The zero-order valence-corrected chi connectivity index (χ0v) is 10.8. The van der Waals surface area contributed by atoms with Crippen molar-refractivity contribution >= 4 is 0 Å². The Kier molecular flexibility index (Phi) is 4.90.